The molecule has 0 N–H and O–H groups in total. The smallest absolute Gasteiger partial charge is 0.330 e. The Morgan fingerprint density at radius 2 is 1.89 bits per heavy atom. The van der Waals surface area contributed by atoms with E-state index in [4.69, 9.17) is 2.74 Å². The first-order valence-corrected chi connectivity index (χ1v) is 5.17. The summed E-state index contributed by atoms with van der Waals surface area (Å²) in [6, 6.07) is 5.18. The highest BCUT2D eigenvalue weighted by molar-refractivity contribution is 6.21. The van der Waals surface area contributed by atoms with Crippen LogP contribution in [0, 0.1) is 0 Å². The van der Waals surface area contributed by atoms with Crippen molar-refractivity contribution in [3.63, 3.8) is 0 Å². The first-order valence-electron chi connectivity index (χ1n) is 6.17. The molecular weight excluding hydrogens is 234 g/mol. The van der Waals surface area contributed by atoms with Crippen LogP contribution in [0.1, 0.15) is 23.5 Å². The molecule has 5 nitrogen and oxygen atoms in total. The fraction of sp³-hybridized carbons (Fsp3) is 0.154. The number of hydrogen-bond donors (Lipinski definition) is 0. The standard InChI is InChI=1S/C13H11NO4/c1-18-11(15)7-4-8-14-12(16)9-5-2-3-6-10(9)13(14)17/h2-7H,8H2,1H3/b7-4+/i4T,7T. The average molecular weight is 249 g/mol. The maximum absolute atomic E-state index is 12.0. The summed E-state index contributed by atoms with van der Waals surface area (Å²) in [5.74, 6) is -2.05. The first kappa shape index (κ1) is 9.58. The van der Waals surface area contributed by atoms with E-state index in [0.29, 0.717) is 0 Å². The predicted octanol–water partition coefficient (Wildman–Crippen LogP) is 1.01. The van der Waals surface area contributed by atoms with Gasteiger partial charge in [0.05, 0.1) is 21.0 Å². The van der Waals surface area contributed by atoms with Gasteiger partial charge in [-0.05, 0) is 12.1 Å². The fourth-order valence-corrected chi connectivity index (χ4v) is 1.62. The molecule has 0 saturated carbocycles. The number of amides is 2. The summed E-state index contributed by atoms with van der Waals surface area (Å²) < 4.78 is 19.3. The number of carbonyl (C=O) groups is 3. The lowest BCUT2D eigenvalue weighted by Crippen LogP contribution is -2.29. The Kier molecular flexibility index (Phi) is 2.57. The van der Waals surface area contributed by atoms with Gasteiger partial charge in [0.1, 0.15) is 0 Å². The van der Waals surface area contributed by atoms with E-state index in [9.17, 15) is 14.4 Å². The molecule has 2 rings (SSSR count). The summed E-state index contributed by atoms with van der Waals surface area (Å²) in [7, 11) is 1.09. The number of rotatable bonds is 3. The van der Waals surface area contributed by atoms with E-state index in [1.807, 2.05) is 0 Å². The predicted molar refractivity (Wildman–Crippen MR) is 63.0 cm³/mol. The molecule has 0 fully saturated rings. The van der Waals surface area contributed by atoms with Crippen molar-refractivity contribution in [2.45, 2.75) is 0 Å². The maximum Gasteiger partial charge on any atom is 0.330 e. The van der Waals surface area contributed by atoms with Gasteiger partial charge in [0.2, 0.25) is 0 Å². The van der Waals surface area contributed by atoms with Crippen molar-refractivity contribution in [2.75, 3.05) is 13.7 Å². The van der Waals surface area contributed by atoms with E-state index in [-0.39, 0.29) is 11.1 Å². The highest BCUT2D eigenvalue weighted by Crippen LogP contribution is 2.21. The number of imide groups is 1. The van der Waals surface area contributed by atoms with Crippen LogP contribution in [0.15, 0.2) is 36.4 Å². The average Bonchev–Trinajstić information content (AvgIpc) is 2.71. The van der Waals surface area contributed by atoms with Crippen molar-refractivity contribution in [3.05, 3.63) is 47.5 Å². The quantitative estimate of drug-likeness (QED) is 0.455. The zero-order valence-corrected chi connectivity index (χ0v) is 9.60. The zero-order chi connectivity index (χ0) is 14.9. The number of hydrogen-bond acceptors (Lipinski definition) is 4. The maximum atomic E-state index is 12.0. The second-order valence-electron chi connectivity index (χ2n) is 3.54. The Hall–Kier alpha value is -2.43. The minimum atomic E-state index is -0.980. The molecule has 0 spiro atoms. The lowest BCUT2D eigenvalue weighted by Gasteiger charge is -2.09. The Labute approximate surface area is 106 Å². The Bertz CT molecular complexity index is 604. The summed E-state index contributed by atoms with van der Waals surface area (Å²) in [4.78, 5) is 36.0. The summed E-state index contributed by atoms with van der Waals surface area (Å²) >= 11 is 0. The molecule has 0 bridgehead atoms. The van der Waals surface area contributed by atoms with Crippen molar-refractivity contribution in [3.8, 4) is 0 Å². The van der Waals surface area contributed by atoms with Gasteiger partial charge < -0.3 is 4.74 Å². The second-order valence-corrected chi connectivity index (χ2v) is 3.54. The van der Waals surface area contributed by atoms with Gasteiger partial charge >= 0.3 is 5.97 Å². The molecule has 5 heteroatoms. The first-order chi connectivity index (χ1) is 9.47. The van der Waals surface area contributed by atoms with Crippen LogP contribution in [0.5, 0.6) is 0 Å². The molecule has 1 aliphatic rings. The summed E-state index contributed by atoms with van der Waals surface area (Å²) in [5.41, 5.74) is 0.518. The monoisotopic (exact) mass is 249 g/mol. The Morgan fingerprint density at radius 1 is 1.33 bits per heavy atom. The van der Waals surface area contributed by atoms with Crippen LogP contribution in [0.4, 0.5) is 0 Å². The van der Waals surface area contributed by atoms with Crippen LogP contribution in [-0.2, 0) is 9.53 Å². The van der Waals surface area contributed by atoms with E-state index < -0.39 is 36.4 Å². The highest BCUT2D eigenvalue weighted by Gasteiger charge is 2.34. The molecule has 92 valence electrons. The third-order valence-electron chi connectivity index (χ3n) is 2.49. The van der Waals surface area contributed by atoms with Crippen LogP contribution < -0.4 is 0 Å². The molecule has 1 heterocycles. The largest absolute Gasteiger partial charge is 0.466 e. The molecule has 0 radical (unpaired) electrons. The summed E-state index contributed by atoms with van der Waals surface area (Å²) in [5, 5.41) is 0. The van der Waals surface area contributed by atoms with Gasteiger partial charge in [-0.2, -0.15) is 0 Å². The van der Waals surface area contributed by atoms with Crippen molar-refractivity contribution in [1.29, 1.82) is 0 Å². The normalized spacial score (nSPS) is 16.8. The lowest BCUT2D eigenvalue weighted by molar-refractivity contribution is -0.134. The van der Waals surface area contributed by atoms with Crippen LogP contribution in [0.2, 0.25) is 0 Å². The minimum absolute atomic E-state index is 0.259. The molecule has 0 unspecified atom stereocenters. The van der Waals surface area contributed by atoms with Crippen molar-refractivity contribution in [1.82, 2.24) is 4.90 Å². The van der Waals surface area contributed by atoms with Crippen LogP contribution >= 0.6 is 0 Å². The third kappa shape index (κ3) is 2.02. The highest BCUT2D eigenvalue weighted by atomic mass is 16.5. The van der Waals surface area contributed by atoms with Gasteiger partial charge in [0.15, 0.2) is 0 Å². The topological polar surface area (TPSA) is 63.7 Å². The number of benzene rings is 1. The molecule has 0 aliphatic carbocycles. The number of esters is 1. The molecule has 1 aromatic carbocycles. The van der Waals surface area contributed by atoms with Crippen LogP contribution in [0.25, 0.3) is 0 Å². The number of nitrogens with zero attached hydrogens (tertiary/aromatic N) is 1. The van der Waals surface area contributed by atoms with Crippen molar-refractivity contribution < 1.29 is 21.9 Å². The Balaban J connectivity index is 2.28. The molecule has 0 atom stereocenters. The van der Waals surface area contributed by atoms with Gasteiger partial charge in [-0.25, -0.2) is 4.79 Å². The molecule has 0 aromatic heterocycles. The van der Waals surface area contributed by atoms with E-state index >= 15 is 0 Å². The molecule has 1 aliphatic heterocycles. The van der Waals surface area contributed by atoms with Gasteiger partial charge in [-0.3, -0.25) is 14.5 Å². The lowest BCUT2D eigenvalue weighted by atomic mass is 10.1. The molecule has 2 amide bonds. The minimum Gasteiger partial charge on any atom is -0.466 e. The Morgan fingerprint density at radius 3 is 2.39 bits per heavy atom. The second kappa shape index (κ2) is 4.83. The number of fused-ring (bicyclic) bond motifs is 1. The number of ether oxygens (including phenoxy) is 1. The summed E-state index contributed by atoms with van der Waals surface area (Å²) in [6.45, 7) is -0.430. The third-order valence-corrected chi connectivity index (χ3v) is 2.49. The van der Waals surface area contributed by atoms with E-state index in [1.54, 1.807) is 12.1 Å². The SMILES string of the molecule is [3H]/C(CN1C(=O)c2ccccc2C1=O)=C(/[3H])C(=O)OC. The number of methoxy groups -OCH3 is 1. The fourth-order valence-electron chi connectivity index (χ4n) is 1.62. The molecule has 18 heavy (non-hydrogen) atoms. The van der Waals surface area contributed by atoms with E-state index in [2.05, 4.69) is 4.74 Å². The van der Waals surface area contributed by atoms with Gasteiger partial charge in [0.25, 0.3) is 11.8 Å². The van der Waals surface area contributed by atoms with Gasteiger partial charge in [-0.1, -0.05) is 18.2 Å². The van der Waals surface area contributed by atoms with Crippen molar-refractivity contribution >= 4 is 17.8 Å². The molecular formula is C13H11NO4. The van der Waals surface area contributed by atoms with Crippen molar-refractivity contribution in [2.24, 2.45) is 0 Å². The van der Waals surface area contributed by atoms with Crippen LogP contribution in [0.3, 0.4) is 0 Å². The van der Waals surface area contributed by atoms with Gasteiger partial charge in [0, 0.05) is 12.6 Å². The summed E-state index contributed by atoms with van der Waals surface area (Å²) in [6.07, 6.45) is 0. The van der Waals surface area contributed by atoms with Crippen LogP contribution in [-0.4, -0.2) is 36.3 Å². The number of carbonyl (C=O) groups excluding carboxylic acids is 3. The molecule has 0 saturated heterocycles. The van der Waals surface area contributed by atoms with Gasteiger partial charge in [-0.15, -0.1) is 0 Å². The molecule has 1 aromatic rings. The van der Waals surface area contributed by atoms with E-state index in [1.165, 1.54) is 12.1 Å². The van der Waals surface area contributed by atoms with E-state index in [0.717, 1.165) is 12.0 Å². The zero-order valence-electron chi connectivity index (χ0n) is 11.6.